The van der Waals surface area contributed by atoms with Crippen molar-refractivity contribution in [1.82, 2.24) is 10.6 Å². The van der Waals surface area contributed by atoms with E-state index in [1.165, 1.54) is 11.1 Å². The van der Waals surface area contributed by atoms with Gasteiger partial charge in [0.2, 0.25) is 0 Å². The molecule has 1 fully saturated rings. The number of guanidine groups is 1. The largest absolute Gasteiger partial charge is 0.381 e. The average Bonchev–Trinajstić information content (AvgIpc) is 2.64. The van der Waals surface area contributed by atoms with E-state index in [2.05, 4.69) is 53.7 Å². The van der Waals surface area contributed by atoms with Crippen molar-refractivity contribution in [3.8, 4) is 0 Å². The summed E-state index contributed by atoms with van der Waals surface area (Å²) in [7, 11) is 0. The van der Waals surface area contributed by atoms with Crippen molar-refractivity contribution in [2.45, 2.75) is 39.7 Å². The summed E-state index contributed by atoms with van der Waals surface area (Å²) >= 11 is 0. The second kappa shape index (κ2) is 11.9. The van der Waals surface area contributed by atoms with E-state index >= 15 is 0 Å². The summed E-state index contributed by atoms with van der Waals surface area (Å²) in [6.45, 7) is 10.0. The molecule has 1 aliphatic rings. The van der Waals surface area contributed by atoms with Crippen molar-refractivity contribution < 1.29 is 9.47 Å². The Morgan fingerprint density at radius 3 is 2.68 bits per heavy atom. The smallest absolute Gasteiger partial charge is 0.191 e. The summed E-state index contributed by atoms with van der Waals surface area (Å²) in [5.41, 5.74) is 2.50. The first kappa shape index (κ1) is 19.7. The van der Waals surface area contributed by atoms with E-state index in [1.807, 2.05) is 0 Å². The molecule has 0 unspecified atom stereocenters. The van der Waals surface area contributed by atoms with Crippen LogP contribution in [0.5, 0.6) is 0 Å². The van der Waals surface area contributed by atoms with Gasteiger partial charge >= 0.3 is 0 Å². The van der Waals surface area contributed by atoms with Crippen LogP contribution in [0.4, 0.5) is 0 Å². The van der Waals surface area contributed by atoms with Gasteiger partial charge in [0.05, 0.1) is 6.54 Å². The van der Waals surface area contributed by atoms with Gasteiger partial charge in [-0.1, -0.05) is 29.8 Å². The summed E-state index contributed by atoms with van der Waals surface area (Å²) in [4.78, 5) is 4.64. The normalized spacial score (nSPS) is 16.0. The molecule has 5 heteroatoms. The van der Waals surface area contributed by atoms with Crippen molar-refractivity contribution >= 4 is 5.96 Å². The molecule has 25 heavy (non-hydrogen) atoms. The zero-order chi connectivity index (χ0) is 17.7. The number of nitrogens with one attached hydrogen (secondary N) is 2. The molecule has 1 aliphatic heterocycles. The van der Waals surface area contributed by atoms with Crippen LogP contribution >= 0.6 is 0 Å². The predicted octanol–water partition coefficient (Wildman–Crippen LogP) is 2.88. The van der Waals surface area contributed by atoms with E-state index in [4.69, 9.17) is 9.47 Å². The first-order valence-corrected chi connectivity index (χ1v) is 9.51. The van der Waals surface area contributed by atoms with Gasteiger partial charge in [-0.05, 0) is 44.6 Å². The lowest BCUT2D eigenvalue weighted by Crippen LogP contribution is -2.38. The second-order valence-electron chi connectivity index (χ2n) is 6.59. The standard InChI is InChI=1S/C20H33N3O2/c1-3-21-20(23-15-18-7-5-17(2)6-8-18)22-11-4-12-25-16-19-9-13-24-14-10-19/h5-8,19H,3-4,9-16H2,1-2H3,(H2,21,22,23). The summed E-state index contributed by atoms with van der Waals surface area (Å²) in [5, 5.41) is 6.67. The van der Waals surface area contributed by atoms with Gasteiger partial charge in [-0.3, -0.25) is 0 Å². The maximum Gasteiger partial charge on any atom is 0.191 e. The van der Waals surface area contributed by atoms with E-state index < -0.39 is 0 Å². The minimum Gasteiger partial charge on any atom is -0.381 e. The summed E-state index contributed by atoms with van der Waals surface area (Å²) in [5.74, 6) is 1.54. The number of aryl methyl sites for hydroxylation is 1. The first-order chi connectivity index (χ1) is 12.3. The Morgan fingerprint density at radius 2 is 1.96 bits per heavy atom. The summed E-state index contributed by atoms with van der Waals surface area (Å²) in [6, 6.07) is 8.51. The number of hydrogen-bond donors (Lipinski definition) is 2. The molecule has 0 saturated carbocycles. The Bertz CT molecular complexity index is 496. The molecule has 0 aliphatic carbocycles. The number of aliphatic imine (C=N–C) groups is 1. The van der Waals surface area contributed by atoms with Crippen molar-refractivity contribution in [2.75, 3.05) is 39.5 Å². The van der Waals surface area contributed by atoms with Crippen LogP contribution in [0.2, 0.25) is 0 Å². The molecule has 0 radical (unpaired) electrons. The Kier molecular flexibility index (Phi) is 9.37. The highest BCUT2D eigenvalue weighted by Gasteiger charge is 2.13. The van der Waals surface area contributed by atoms with Crippen molar-refractivity contribution in [2.24, 2.45) is 10.9 Å². The third kappa shape index (κ3) is 8.36. The number of ether oxygens (including phenoxy) is 2. The van der Waals surface area contributed by atoms with Crippen LogP contribution in [0.3, 0.4) is 0 Å². The molecule has 0 amide bonds. The number of rotatable bonds is 9. The topological polar surface area (TPSA) is 54.9 Å². The van der Waals surface area contributed by atoms with Crippen LogP contribution in [0.1, 0.15) is 37.3 Å². The molecule has 2 N–H and O–H groups in total. The van der Waals surface area contributed by atoms with Crippen LogP contribution in [0.25, 0.3) is 0 Å². The fourth-order valence-electron chi connectivity index (χ4n) is 2.75. The highest BCUT2D eigenvalue weighted by Crippen LogP contribution is 2.14. The number of hydrogen-bond acceptors (Lipinski definition) is 3. The quantitative estimate of drug-likeness (QED) is 0.410. The fourth-order valence-corrected chi connectivity index (χ4v) is 2.75. The van der Waals surface area contributed by atoms with E-state index in [9.17, 15) is 0 Å². The van der Waals surface area contributed by atoms with E-state index in [1.54, 1.807) is 0 Å². The van der Waals surface area contributed by atoms with E-state index in [-0.39, 0.29) is 0 Å². The zero-order valence-corrected chi connectivity index (χ0v) is 15.7. The molecule has 1 heterocycles. The lowest BCUT2D eigenvalue weighted by molar-refractivity contribution is 0.0203. The van der Waals surface area contributed by atoms with Crippen LogP contribution < -0.4 is 10.6 Å². The SMILES string of the molecule is CCNC(=NCc1ccc(C)cc1)NCCCOCC1CCOCC1. The van der Waals surface area contributed by atoms with Crippen LogP contribution in [0, 0.1) is 12.8 Å². The van der Waals surface area contributed by atoms with Gasteiger partial charge in [0.1, 0.15) is 0 Å². The highest BCUT2D eigenvalue weighted by molar-refractivity contribution is 5.79. The minimum atomic E-state index is 0.676. The zero-order valence-electron chi connectivity index (χ0n) is 15.7. The van der Waals surface area contributed by atoms with Gasteiger partial charge in [-0.2, -0.15) is 0 Å². The Morgan fingerprint density at radius 1 is 1.20 bits per heavy atom. The van der Waals surface area contributed by atoms with E-state index in [0.29, 0.717) is 12.5 Å². The number of benzene rings is 1. The second-order valence-corrected chi connectivity index (χ2v) is 6.59. The molecular formula is C20H33N3O2. The minimum absolute atomic E-state index is 0.676. The average molecular weight is 348 g/mol. The third-order valence-corrected chi connectivity index (χ3v) is 4.34. The molecule has 140 valence electrons. The van der Waals surface area contributed by atoms with Crippen molar-refractivity contribution in [3.63, 3.8) is 0 Å². The maximum absolute atomic E-state index is 5.80. The fraction of sp³-hybridized carbons (Fsp3) is 0.650. The van der Waals surface area contributed by atoms with Crippen molar-refractivity contribution in [1.29, 1.82) is 0 Å². The van der Waals surface area contributed by atoms with Gasteiger partial charge in [-0.15, -0.1) is 0 Å². The van der Waals surface area contributed by atoms with Crippen molar-refractivity contribution in [3.05, 3.63) is 35.4 Å². The van der Waals surface area contributed by atoms with Gasteiger partial charge in [0.25, 0.3) is 0 Å². The molecule has 0 spiro atoms. The molecule has 0 atom stereocenters. The first-order valence-electron chi connectivity index (χ1n) is 9.51. The Hall–Kier alpha value is -1.59. The third-order valence-electron chi connectivity index (χ3n) is 4.34. The van der Waals surface area contributed by atoms with Gasteiger partial charge in [0.15, 0.2) is 5.96 Å². The molecule has 2 rings (SSSR count). The molecule has 0 bridgehead atoms. The maximum atomic E-state index is 5.80. The van der Waals surface area contributed by atoms with Gasteiger partial charge < -0.3 is 20.1 Å². The molecule has 0 aromatic heterocycles. The lowest BCUT2D eigenvalue weighted by Gasteiger charge is -2.21. The van der Waals surface area contributed by atoms with Crippen LogP contribution in [-0.4, -0.2) is 45.5 Å². The molecular weight excluding hydrogens is 314 g/mol. The van der Waals surface area contributed by atoms with Crippen LogP contribution in [0.15, 0.2) is 29.3 Å². The Balaban J connectivity index is 1.61. The summed E-state index contributed by atoms with van der Waals surface area (Å²) in [6.07, 6.45) is 3.25. The predicted molar refractivity (Wildman–Crippen MR) is 103 cm³/mol. The molecule has 5 nitrogen and oxygen atoms in total. The summed E-state index contributed by atoms with van der Waals surface area (Å²) < 4.78 is 11.2. The van der Waals surface area contributed by atoms with Crippen LogP contribution in [-0.2, 0) is 16.0 Å². The van der Waals surface area contributed by atoms with Gasteiger partial charge in [-0.25, -0.2) is 4.99 Å². The highest BCUT2D eigenvalue weighted by atomic mass is 16.5. The molecule has 1 saturated heterocycles. The lowest BCUT2D eigenvalue weighted by atomic mass is 10.0. The monoisotopic (exact) mass is 347 g/mol. The van der Waals surface area contributed by atoms with Gasteiger partial charge in [0, 0.05) is 39.5 Å². The molecule has 1 aromatic rings. The molecule has 1 aromatic carbocycles. The van der Waals surface area contributed by atoms with E-state index in [0.717, 1.165) is 64.7 Å². The number of nitrogens with zero attached hydrogens (tertiary/aromatic N) is 1. The Labute approximate surface area is 152 Å².